The molecule has 0 saturated carbocycles. The molecule has 1 amide bonds. The van der Waals surface area contributed by atoms with Gasteiger partial charge in [0.1, 0.15) is 11.4 Å². The summed E-state index contributed by atoms with van der Waals surface area (Å²) in [6, 6.07) is -1.46. The average Bonchev–Trinajstić information content (AvgIpc) is 2.34. The zero-order chi connectivity index (χ0) is 16.8. The van der Waals surface area contributed by atoms with Crippen molar-refractivity contribution in [3.05, 3.63) is 29.7 Å². The van der Waals surface area contributed by atoms with Crippen LogP contribution >= 0.6 is 0 Å². The van der Waals surface area contributed by atoms with E-state index in [1.165, 1.54) is 4.90 Å². The third-order valence-electron chi connectivity index (χ3n) is 2.57. The van der Waals surface area contributed by atoms with Gasteiger partial charge in [0.25, 0.3) is 0 Å². The first-order valence-electron chi connectivity index (χ1n) is 7.80. The molecule has 0 aliphatic carbocycles. The minimum absolute atomic E-state index is 0.207. The van der Waals surface area contributed by atoms with Crippen molar-refractivity contribution in [1.29, 1.82) is 0 Å². The molecule has 98 valence electrons. The van der Waals surface area contributed by atoms with Gasteiger partial charge in [0.2, 0.25) is 0 Å². The SMILES string of the molecule is [2H]c1c([2H])c(O)c([2H])c(C2CN(C(=O)OC(C)(C)C)C2)c1[2H]. The average molecular weight is 253 g/mol. The first-order valence-corrected chi connectivity index (χ1v) is 5.80. The van der Waals surface area contributed by atoms with E-state index in [0.717, 1.165) is 0 Å². The number of hydrogen-bond acceptors (Lipinski definition) is 3. The van der Waals surface area contributed by atoms with Crippen molar-refractivity contribution in [3.63, 3.8) is 0 Å². The molecule has 1 fully saturated rings. The van der Waals surface area contributed by atoms with Crippen LogP contribution in [0.5, 0.6) is 5.75 Å². The zero-order valence-corrected chi connectivity index (χ0v) is 10.7. The molecule has 0 radical (unpaired) electrons. The summed E-state index contributed by atoms with van der Waals surface area (Å²) in [5, 5.41) is 9.71. The van der Waals surface area contributed by atoms with Gasteiger partial charge in [-0.15, -0.1) is 0 Å². The number of nitrogens with zero attached hydrogens (tertiary/aromatic N) is 1. The smallest absolute Gasteiger partial charge is 0.410 e. The zero-order valence-electron chi connectivity index (χ0n) is 14.7. The predicted molar refractivity (Wildman–Crippen MR) is 68.7 cm³/mol. The summed E-state index contributed by atoms with van der Waals surface area (Å²) in [6.45, 7) is 5.84. The summed E-state index contributed by atoms with van der Waals surface area (Å²) in [7, 11) is 0. The lowest BCUT2D eigenvalue weighted by atomic mass is 9.92. The van der Waals surface area contributed by atoms with Gasteiger partial charge >= 0.3 is 6.09 Å². The number of carbonyl (C=O) groups excluding carboxylic acids is 1. The molecule has 2 rings (SSSR count). The predicted octanol–water partition coefficient (Wildman–Crippen LogP) is 2.73. The van der Waals surface area contributed by atoms with Gasteiger partial charge in [-0.05, 0) is 38.4 Å². The van der Waals surface area contributed by atoms with E-state index in [1.54, 1.807) is 20.8 Å². The molecular formula is C14H19NO3. The summed E-state index contributed by atoms with van der Waals surface area (Å²) in [4.78, 5) is 13.3. The number of amides is 1. The van der Waals surface area contributed by atoms with Gasteiger partial charge in [0.15, 0.2) is 0 Å². The van der Waals surface area contributed by atoms with E-state index in [1.807, 2.05) is 0 Å². The van der Waals surface area contributed by atoms with Crippen molar-refractivity contribution < 1.29 is 20.1 Å². The van der Waals surface area contributed by atoms with Crippen LogP contribution in [-0.4, -0.2) is 34.8 Å². The number of ether oxygens (including phenoxy) is 1. The number of rotatable bonds is 1. The number of phenolic OH excluding ortho intramolecular Hbond substituents is 1. The van der Waals surface area contributed by atoms with Crippen LogP contribution in [0.3, 0.4) is 0 Å². The maximum atomic E-state index is 11.9. The second kappa shape index (κ2) is 4.52. The van der Waals surface area contributed by atoms with Crippen molar-refractivity contribution >= 4 is 6.09 Å². The molecule has 0 bridgehead atoms. The summed E-state index contributed by atoms with van der Waals surface area (Å²) >= 11 is 0. The molecule has 1 aromatic carbocycles. The van der Waals surface area contributed by atoms with Gasteiger partial charge in [0, 0.05) is 19.0 Å². The molecule has 0 aromatic heterocycles. The number of likely N-dealkylation sites (tertiary alicyclic amines) is 1. The van der Waals surface area contributed by atoms with Crippen molar-refractivity contribution in [1.82, 2.24) is 4.90 Å². The molecular weight excluding hydrogens is 230 g/mol. The van der Waals surface area contributed by atoms with Crippen LogP contribution in [0.4, 0.5) is 4.79 Å². The fraction of sp³-hybridized carbons (Fsp3) is 0.500. The van der Waals surface area contributed by atoms with Crippen molar-refractivity contribution in [3.8, 4) is 5.75 Å². The van der Waals surface area contributed by atoms with E-state index in [4.69, 9.17) is 10.2 Å². The molecule has 1 heterocycles. The van der Waals surface area contributed by atoms with E-state index in [-0.39, 0.29) is 36.7 Å². The Bertz CT molecular complexity index is 592. The molecule has 4 heteroatoms. The number of phenols is 1. The van der Waals surface area contributed by atoms with Gasteiger partial charge in [-0.25, -0.2) is 4.79 Å². The molecule has 18 heavy (non-hydrogen) atoms. The Balaban J connectivity index is 2.16. The van der Waals surface area contributed by atoms with Crippen LogP contribution in [0.15, 0.2) is 24.2 Å². The van der Waals surface area contributed by atoms with E-state index in [9.17, 15) is 9.90 Å². The molecule has 1 aromatic rings. The highest BCUT2D eigenvalue weighted by Gasteiger charge is 2.34. The summed E-state index contributed by atoms with van der Waals surface area (Å²) in [6.07, 6.45) is -0.464. The maximum Gasteiger partial charge on any atom is 0.410 e. The van der Waals surface area contributed by atoms with Crippen LogP contribution in [-0.2, 0) is 4.74 Å². The largest absolute Gasteiger partial charge is 0.508 e. The third kappa shape index (κ3) is 2.94. The first-order chi connectivity index (χ1) is 10.0. The molecule has 1 N–H and O–H groups in total. The standard InChI is InChI=1S/C14H19NO3/c1-14(2,3)18-13(17)15-8-11(9-15)10-5-4-6-12(16)7-10/h4-7,11,16H,8-9H2,1-3H3/i4D,5D,6D,7D. The maximum absolute atomic E-state index is 11.9. The van der Waals surface area contributed by atoms with Crippen LogP contribution in [0.2, 0.25) is 0 Å². The van der Waals surface area contributed by atoms with Crippen molar-refractivity contribution in [2.24, 2.45) is 0 Å². The molecule has 0 unspecified atom stereocenters. The highest BCUT2D eigenvalue weighted by molar-refractivity contribution is 5.69. The van der Waals surface area contributed by atoms with Gasteiger partial charge in [-0.1, -0.05) is 12.1 Å². The van der Waals surface area contributed by atoms with E-state index >= 15 is 0 Å². The Morgan fingerprint density at radius 1 is 1.50 bits per heavy atom. The monoisotopic (exact) mass is 253 g/mol. The normalized spacial score (nSPS) is 19.4. The highest BCUT2D eigenvalue weighted by Crippen LogP contribution is 2.29. The lowest BCUT2D eigenvalue weighted by Gasteiger charge is -2.40. The molecule has 1 saturated heterocycles. The second-order valence-corrected chi connectivity index (χ2v) is 5.34. The summed E-state index contributed by atoms with van der Waals surface area (Å²) < 4.78 is 36.1. The summed E-state index contributed by atoms with van der Waals surface area (Å²) in [5.41, 5.74) is -0.388. The van der Waals surface area contributed by atoms with Gasteiger partial charge in [-0.2, -0.15) is 0 Å². The Morgan fingerprint density at radius 2 is 2.17 bits per heavy atom. The fourth-order valence-corrected chi connectivity index (χ4v) is 1.69. The van der Waals surface area contributed by atoms with Crippen LogP contribution in [0.25, 0.3) is 0 Å². The Kier molecular flexibility index (Phi) is 2.11. The third-order valence-corrected chi connectivity index (χ3v) is 2.57. The lowest BCUT2D eigenvalue weighted by molar-refractivity contribution is 0.00819. The van der Waals surface area contributed by atoms with E-state index in [0.29, 0.717) is 0 Å². The first kappa shape index (κ1) is 8.40. The second-order valence-electron chi connectivity index (χ2n) is 5.34. The van der Waals surface area contributed by atoms with Gasteiger partial charge in [-0.3, -0.25) is 0 Å². The van der Waals surface area contributed by atoms with E-state index in [2.05, 4.69) is 0 Å². The summed E-state index contributed by atoms with van der Waals surface area (Å²) in [5.74, 6) is -0.894. The minimum atomic E-state index is -0.594. The Hall–Kier alpha value is -1.71. The van der Waals surface area contributed by atoms with Gasteiger partial charge in [0.05, 0.1) is 5.48 Å². The van der Waals surface area contributed by atoms with Gasteiger partial charge < -0.3 is 14.7 Å². The van der Waals surface area contributed by atoms with Crippen molar-refractivity contribution in [2.45, 2.75) is 32.3 Å². The van der Waals surface area contributed by atoms with Crippen LogP contribution in [0.1, 0.15) is 37.7 Å². The number of benzene rings is 1. The van der Waals surface area contributed by atoms with Crippen LogP contribution < -0.4 is 0 Å². The quantitative estimate of drug-likeness (QED) is 0.837. The number of aromatic hydroxyl groups is 1. The van der Waals surface area contributed by atoms with E-state index < -0.39 is 29.5 Å². The lowest BCUT2D eigenvalue weighted by Crippen LogP contribution is -2.50. The topological polar surface area (TPSA) is 49.8 Å². The number of carbonyl (C=O) groups is 1. The highest BCUT2D eigenvalue weighted by atomic mass is 16.6. The molecule has 1 aliphatic heterocycles. The minimum Gasteiger partial charge on any atom is -0.508 e. The fourth-order valence-electron chi connectivity index (χ4n) is 1.69. The molecule has 0 spiro atoms. The number of hydrogen-bond donors (Lipinski definition) is 1. The van der Waals surface area contributed by atoms with Crippen molar-refractivity contribution in [2.75, 3.05) is 13.1 Å². The molecule has 0 atom stereocenters. The Morgan fingerprint density at radius 3 is 2.78 bits per heavy atom. The van der Waals surface area contributed by atoms with Crippen LogP contribution in [0, 0.1) is 0 Å². The molecule has 4 nitrogen and oxygen atoms in total. The Labute approximate surface area is 113 Å². The molecule has 1 aliphatic rings.